The monoisotopic (exact) mass is 283 g/mol. The van der Waals surface area contributed by atoms with E-state index in [-0.39, 0.29) is 16.9 Å². The molecule has 0 unspecified atom stereocenters. The number of H-pyrrole nitrogens is 1. The molecule has 6 heteroatoms. The van der Waals surface area contributed by atoms with E-state index >= 15 is 0 Å². The lowest BCUT2D eigenvalue weighted by Gasteiger charge is -2.19. The second-order valence-corrected chi connectivity index (χ2v) is 6.05. The quantitative estimate of drug-likeness (QED) is 0.714. The first kappa shape index (κ1) is 13.4. The molecule has 0 aliphatic carbocycles. The van der Waals surface area contributed by atoms with Gasteiger partial charge in [0.05, 0.1) is 0 Å². The third-order valence-corrected chi connectivity index (χ3v) is 3.39. The summed E-state index contributed by atoms with van der Waals surface area (Å²) in [4.78, 5) is 19.9. The van der Waals surface area contributed by atoms with Gasteiger partial charge in [-0.05, 0) is 11.0 Å². The van der Waals surface area contributed by atoms with Gasteiger partial charge >= 0.3 is 0 Å². The van der Waals surface area contributed by atoms with Crippen LogP contribution in [0.2, 0.25) is 0 Å². The number of nitrogen functional groups attached to an aromatic ring is 1. The lowest BCUT2D eigenvalue weighted by molar-refractivity contribution is 0.590. The van der Waals surface area contributed by atoms with Gasteiger partial charge in [0, 0.05) is 11.6 Å². The molecule has 21 heavy (non-hydrogen) atoms. The summed E-state index contributed by atoms with van der Waals surface area (Å²) in [6.07, 6.45) is 0. The van der Waals surface area contributed by atoms with E-state index in [4.69, 9.17) is 5.73 Å². The Balaban J connectivity index is 2.10. The number of rotatable bonds is 1. The molecule has 0 aliphatic heterocycles. The molecule has 2 aromatic heterocycles. The molecule has 0 spiro atoms. The van der Waals surface area contributed by atoms with Crippen LogP contribution in [0.4, 0.5) is 5.95 Å². The number of fused-ring (bicyclic) bond motifs is 1. The maximum Gasteiger partial charge on any atom is 0.266 e. The average Bonchev–Trinajstić information content (AvgIpc) is 2.79. The van der Waals surface area contributed by atoms with E-state index in [0.717, 1.165) is 5.56 Å². The molecule has 3 aromatic rings. The average molecular weight is 283 g/mol. The van der Waals surface area contributed by atoms with E-state index in [1.54, 1.807) is 0 Å². The van der Waals surface area contributed by atoms with Crippen molar-refractivity contribution in [2.75, 3.05) is 5.73 Å². The topological polar surface area (TPSA) is 89.1 Å². The van der Waals surface area contributed by atoms with Crippen molar-refractivity contribution >= 4 is 11.6 Å². The maximum absolute atomic E-state index is 11.3. The second kappa shape index (κ2) is 4.44. The van der Waals surface area contributed by atoms with Crippen LogP contribution < -0.4 is 11.3 Å². The zero-order chi connectivity index (χ0) is 15.2. The molecule has 1 aromatic carbocycles. The third kappa shape index (κ3) is 2.40. The van der Waals surface area contributed by atoms with Gasteiger partial charge < -0.3 is 5.73 Å². The van der Waals surface area contributed by atoms with Gasteiger partial charge in [0.15, 0.2) is 11.5 Å². The van der Waals surface area contributed by atoms with Gasteiger partial charge in [-0.2, -0.15) is 4.98 Å². The summed E-state index contributed by atoms with van der Waals surface area (Å²) in [7, 11) is 0. The van der Waals surface area contributed by atoms with Crippen molar-refractivity contribution in [2.45, 2.75) is 26.2 Å². The molecule has 6 nitrogen and oxygen atoms in total. The minimum absolute atomic E-state index is 0.0936. The summed E-state index contributed by atoms with van der Waals surface area (Å²) >= 11 is 0. The standard InChI is InChI=1S/C15H17N5O/c1-15(2,3)10-6-4-9(5-7-10)13-17-11-8-12(21)19-20(11)14(16)18-13/h4-8H,1-3H3,(H,19,21)(H2,16,17,18). The summed E-state index contributed by atoms with van der Waals surface area (Å²) in [6, 6.07) is 9.45. The zero-order valence-corrected chi connectivity index (χ0v) is 12.2. The largest absolute Gasteiger partial charge is 0.368 e. The lowest BCUT2D eigenvalue weighted by Crippen LogP contribution is -2.10. The number of anilines is 1. The van der Waals surface area contributed by atoms with E-state index in [2.05, 4.69) is 48.0 Å². The van der Waals surface area contributed by atoms with Gasteiger partial charge in [0.2, 0.25) is 5.95 Å². The predicted molar refractivity (Wildman–Crippen MR) is 82.2 cm³/mol. The van der Waals surface area contributed by atoms with Crippen LogP contribution in [0.5, 0.6) is 0 Å². The zero-order valence-electron chi connectivity index (χ0n) is 12.2. The minimum atomic E-state index is -0.253. The highest BCUT2D eigenvalue weighted by Crippen LogP contribution is 2.25. The van der Waals surface area contributed by atoms with E-state index < -0.39 is 0 Å². The van der Waals surface area contributed by atoms with Crippen LogP contribution in [0, 0.1) is 0 Å². The predicted octanol–water partition coefficient (Wildman–Crippen LogP) is 1.96. The molecule has 0 saturated carbocycles. The van der Waals surface area contributed by atoms with Gasteiger partial charge in [0.1, 0.15) is 0 Å². The molecule has 0 amide bonds. The summed E-state index contributed by atoms with van der Waals surface area (Å²) in [5, 5.41) is 2.55. The Bertz CT molecular complexity index is 852. The van der Waals surface area contributed by atoms with Crippen LogP contribution in [-0.4, -0.2) is 19.6 Å². The number of benzene rings is 1. The Kier molecular flexibility index (Phi) is 2.83. The molecular formula is C15H17N5O. The molecule has 0 radical (unpaired) electrons. The van der Waals surface area contributed by atoms with Gasteiger partial charge in [-0.25, -0.2) is 9.50 Å². The minimum Gasteiger partial charge on any atom is -0.368 e. The van der Waals surface area contributed by atoms with Crippen molar-refractivity contribution in [3.63, 3.8) is 0 Å². The highest BCUT2D eigenvalue weighted by atomic mass is 16.1. The molecule has 2 heterocycles. The molecule has 0 bridgehead atoms. The number of hydrogen-bond acceptors (Lipinski definition) is 4. The van der Waals surface area contributed by atoms with Crippen molar-refractivity contribution in [1.82, 2.24) is 19.6 Å². The SMILES string of the molecule is CC(C)(C)c1ccc(-c2nc(N)n3[nH]c(=O)cc3n2)cc1. The molecule has 0 aliphatic rings. The molecule has 3 N–H and O–H groups in total. The number of nitrogens with two attached hydrogens (primary N) is 1. The van der Waals surface area contributed by atoms with Crippen molar-refractivity contribution in [1.29, 1.82) is 0 Å². The van der Waals surface area contributed by atoms with Crippen molar-refractivity contribution in [3.8, 4) is 11.4 Å². The van der Waals surface area contributed by atoms with Crippen LogP contribution in [0.1, 0.15) is 26.3 Å². The smallest absolute Gasteiger partial charge is 0.266 e. The first-order chi connectivity index (χ1) is 9.84. The number of nitrogens with zero attached hydrogens (tertiary/aromatic N) is 3. The van der Waals surface area contributed by atoms with Crippen LogP contribution in [0.3, 0.4) is 0 Å². The Morgan fingerprint density at radius 3 is 2.43 bits per heavy atom. The summed E-state index contributed by atoms with van der Waals surface area (Å²) in [5.41, 5.74) is 8.25. The highest BCUT2D eigenvalue weighted by molar-refractivity contribution is 5.60. The van der Waals surface area contributed by atoms with Crippen LogP contribution >= 0.6 is 0 Å². The number of aromatic nitrogens is 4. The van der Waals surface area contributed by atoms with E-state index in [1.807, 2.05) is 12.1 Å². The van der Waals surface area contributed by atoms with Crippen molar-refractivity contribution in [2.24, 2.45) is 0 Å². The lowest BCUT2D eigenvalue weighted by atomic mass is 9.87. The Morgan fingerprint density at radius 2 is 1.81 bits per heavy atom. The van der Waals surface area contributed by atoms with Gasteiger partial charge in [-0.15, -0.1) is 0 Å². The number of aromatic amines is 1. The molecular weight excluding hydrogens is 266 g/mol. The van der Waals surface area contributed by atoms with E-state index in [1.165, 1.54) is 16.1 Å². The van der Waals surface area contributed by atoms with E-state index in [9.17, 15) is 4.79 Å². The highest BCUT2D eigenvalue weighted by Gasteiger charge is 2.14. The molecule has 108 valence electrons. The van der Waals surface area contributed by atoms with Crippen LogP contribution in [0.15, 0.2) is 35.1 Å². The third-order valence-electron chi connectivity index (χ3n) is 3.39. The summed E-state index contributed by atoms with van der Waals surface area (Å²) in [5.74, 6) is 0.712. The summed E-state index contributed by atoms with van der Waals surface area (Å²) < 4.78 is 1.37. The molecule has 0 saturated heterocycles. The fourth-order valence-corrected chi connectivity index (χ4v) is 2.18. The Labute approximate surface area is 121 Å². The number of hydrogen-bond donors (Lipinski definition) is 2. The Morgan fingerprint density at radius 1 is 1.14 bits per heavy atom. The van der Waals surface area contributed by atoms with Crippen LogP contribution in [-0.2, 0) is 5.41 Å². The van der Waals surface area contributed by atoms with Gasteiger partial charge in [-0.1, -0.05) is 45.0 Å². The van der Waals surface area contributed by atoms with Crippen LogP contribution in [0.25, 0.3) is 17.0 Å². The fourth-order valence-electron chi connectivity index (χ4n) is 2.18. The van der Waals surface area contributed by atoms with E-state index in [0.29, 0.717) is 11.5 Å². The second-order valence-electron chi connectivity index (χ2n) is 6.05. The fraction of sp³-hybridized carbons (Fsp3) is 0.267. The Hall–Kier alpha value is -2.63. The molecule has 3 rings (SSSR count). The van der Waals surface area contributed by atoms with Crippen molar-refractivity contribution in [3.05, 3.63) is 46.2 Å². The van der Waals surface area contributed by atoms with Gasteiger partial charge in [0.25, 0.3) is 5.56 Å². The molecule has 0 atom stereocenters. The number of nitrogens with one attached hydrogen (secondary N) is 1. The first-order valence-corrected chi connectivity index (χ1v) is 6.71. The van der Waals surface area contributed by atoms with Gasteiger partial charge in [-0.3, -0.25) is 9.89 Å². The summed E-state index contributed by atoms with van der Waals surface area (Å²) in [6.45, 7) is 6.48. The first-order valence-electron chi connectivity index (χ1n) is 6.71. The van der Waals surface area contributed by atoms with Crippen molar-refractivity contribution < 1.29 is 0 Å². The normalized spacial score (nSPS) is 12.0. The molecule has 0 fully saturated rings. The maximum atomic E-state index is 11.3.